The SMILES string of the molecule is O=C(NC1CCN(c2ccccc2)CC1)OCCOc1ccc2ccccc2c1. The number of para-hydroxylation sites is 1. The molecule has 0 aromatic heterocycles. The highest BCUT2D eigenvalue weighted by Gasteiger charge is 2.21. The van der Waals surface area contributed by atoms with Crippen LogP contribution in [0.15, 0.2) is 72.8 Å². The number of hydrogen-bond acceptors (Lipinski definition) is 4. The van der Waals surface area contributed by atoms with Crippen molar-refractivity contribution in [2.24, 2.45) is 0 Å². The van der Waals surface area contributed by atoms with Crippen molar-refractivity contribution in [2.45, 2.75) is 18.9 Å². The predicted molar refractivity (Wildman–Crippen MR) is 116 cm³/mol. The smallest absolute Gasteiger partial charge is 0.407 e. The maximum Gasteiger partial charge on any atom is 0.407 e. The van der Waals surface area contributed by atoms with Crippen molar-refractivity contribution >= 4 is 22.6 Å². The molecular formula is C24H26N2O3. The van der Waals surface area contributed by atoms with Crippen LogP contribution in [0.3, 0.4) is 0 Å². The van der Waals surface area contributed by atoms with E-state index in [0.29, 0.717) is 6.61 Å². The lowest BCUT2D eigenvalue weighted by molar-refractivity contribution is 0.120. The van der Waals surface area contributed by atoms with Crippen LogP contribution in [-0.2, 0) is 4.74 Å². The average Bonchev–Trinajstić information content (AvgIpc) is 2.78. The van der Waals surface area contributed by atoms with Gasteiger partial charge in [0.05, 0.1) is 0 Å². The number of amides is 1. The van der Waals surface area contributed by atoms with Crippen molar-refractivity contribution in [1.82, 2.24) is 5.32 Å². The molecule has 1 fully saturated rings. The van der Waals surface area contributed by atoms with Gasteiger partial charge in [0, 0.05) is 24.8 Å². The van der Waals surface area contributed by atoms with E-state index in [4.69, 9.17) is 9.47 Å². The first-order chi connectivity index (χ1) is 14.3. The Morgan fingerprint density at radius 1 is 0.897 bits per heavy atom. The Morgan fingerprint density at radius 2 is 1.62 bits per heavy atom. The maximum atomic E-state index is 12.0. The molecule has 0 saturated carbocycles. The van der Waals surface area contributed by atoms with Gasteiger partial charge >= 0.3 is 6.09 Å². The first kappa shape index (κ1) is 19.1. The Bertz CT molecular complexity index is 937. The van der Waals surface area contributed by atoms with E-state index in [2.05, 4.69) is 46.6 Å². The molecular weight excluding hydrogens is 364 g/mol. The first-order valence-electron chi connectivity index (χ1n) is 10.1. The number of ether oxygens (including phenoxy) is 2. The number of fused-ring (bicyclic) bond motifs is 1. The van der Waals surface area contributed by atoms with Crippen molar-refractivity contribution in [2.75, 3.05) is 31.2 Å². The van der Waals surface area contributed by atoms with Crippen LogP contribution in [-0.4, -0.2) is 38.4 Å². The van der Waals surface area contributed by atoms with Crippen LogP contribution in [0.1, 0.15) is 12.8 Å². The van der Waals surface area contributed by atoms with E-state index in [1.165, 1.54) is 11.1 Å². The Hall–Kier alpha value is -3.21. The number of benzene rings is 3. The fourth-order valence-corrected chi connectivity index (χ4v) is 3.68. The standard InChI is InChI=1S/C24H26N2O3/c27-24(25-21-12-14-26(15-13-21)22-8-2-1-3-9-22)29-17-16-28-23-11-10-19-6-4-5-7-20(19)18-23/h1-11,18,21H,12-17H2,(H,25,27). The second kappa shape index (κ2) is 9.32. The molecule has 1 aliphatic heterocycles. The Balaban J connectivity index is 1.15. The number of piperidine rings is 1. The molecule has 1 heterocycles. The molecule has 1 amide bonds. The highest BCUT2D eigenvalue weighted by Crippen LogP contribution is 2.21. The van der Waals surface area contributed by atoms with Crippen molar-refractivity contribution in [3.63, 3.8) is 0 Å². The Labute approximate surface area is 171 Å². The van der Waals surface area contributed by atoms with Gasteiger partial charge in [0.1, 0.15) is 19.0 Å². The van der Waals surface area contributed by atoms with Gasteiger partial charge in [-0.2, -0.15) is 0 Å². The first-order valence-corrected chi connectivity index (χ1v) is 10.1. The summed E-state index contributed by atoms with van der Waals surface area (Å²) in [6.07, 6.45) is 1.46. The summed E-state index contributed by atoms with van der Waals surface area (Å²) in [4.78, 5) is 14.4. The fourth-order valence-electron chi connectivity index (χ4n) is 3.68. The van der Waals surface area contributed by atoms with Crippen LogP contribution >= 0.6 is 0 Å². The van der Waals surface area contributed by atoms with Gasteiger partial charge in [-0.25, -0.2) is 4.79 Å². The molecule has 3 aromatic carbocycles. The zero-order valence-corrected chi connectivity index (χ0v) is 16.4. The topological polar surface area (TPSA) is 50.8 Å². The number of nitrogens with one attached hydrogen (secondary N) is 1. The number of nitrogens with zero attached hydrogens (tertiary/aromatic N) is 1. The van der Waals surface area contributed by atoms with E-state index in [0.717, 1.165) is 37.1 Å². The number of hydrogen-bond donors (Lipinski definition) is 1. The van der Waals surface area contributed by atoms with E-state index in [1.54, 1.807) is 0 Å². The summed E-state index contributed by atoms with van der Waals surface area (Å²) < 4.78 is 11.0. The van der Waals surface area contributed by atoms with Gasteiger partial charge in [0.25, 0.3) is 0 Å². The third-order valence-electron chi connectivity index (χ3n) is 5.24. The lowest BCUT2D eigenvalue weighted by atomic mass is 10.0. The number of carbonyl (C=O) groups is 1. The molecule has 0 aliphatic carbocycles. The normalized spacial score (nSPS) is 14.6. The third-order valence-corrected chi connectivity index (χ3v) is 5.24. The number of carbonyl (C=O) groups excluding carboxylic acids is 1. The number of rotatable bonds is 6. The molecule has 0 radical (unpaired) electrons. The number of alkyl carbamates (subject to hydrolysis) is 1. The Kier molecular flexibility index (Phi) is 6.15. The van der Waals surface area contributed by atoms with E-state index in [-0.39, 0.29) is 18.7 Å². The van der Waals surface area contributed by atoms with Gasteiger partial charge in [0.15, 0.2) is 0 Å². The van der Waals surface area contributed by atoms with E-state index < -0.39 is 0 Å². The molecule has 1 N–H and O–H groups in total. The lowest BCUT2D eigenvalue weighted by Gasteiger charge is -2.33. The molecule has 0 bridgehead atoms. The molecule has 29 heavy (non-hydrogen) atoms. The van der Waals surface area contributed by atoms with Gasteiger partial charge < -0.3 is 19.7 Å². The number of anilines is 1. The van der Waals surface area contributed by atoms with Crippen LogP contribution in [0, 0.1) is 0 Å². The van der Waals surface area contributed by atoms with Crippen LogP contribution < -0.4 is 15.0 Å². The minimum absolute atomic E-state index is 0.156. The maximum absolute atomic E-state index is 12.0. The summed E-state index contributed by atoms with van der Waals surface area (Å²) in [5.41, 5.74) is 1.24. The molecule has 1 saturated heterocycles. The van der Waals surface area contributed by atoms with Gasteiger partial charge in [-0.15, -0.1) is 0 Å². The van der Waals surface area contributed by atoms with Crippen LogP contribution in [0.25, 0.3) is 10.8 Å². The summed E-state index contributed by atoms with van der Waals surface area (Å²) in [7, 11) is 0. The molecule has 5 nitrogen and oxygen atoms in total. The van der Waals surface area contributed by atoms with Gasteiger partial charge in [0.2, 0.25) is 0 Å². The van der Waals surface area contributed by atoms with Crippen molar-refractivity contribution in [1.29, 1.82) is 0 Å². The molecule has 5 heteroatoms. The van der Waals surface area contributed by atoms with E-state index in [1.807, 2.05) is 36.4 Å². The molecule has 0 unspecified atom stereocenters. The molecule has 150 valence electrons. The summed E-state index contributed by atoms with van der Waals surface area (Å²) >= 11 is 0. The highest BCUT2D eigenvalue weighted by molar-refractivity contribution is 5.83. The van der Waals surface area contributed by atoms with Crippen LogP contribution in [0.2, 0.25) is 0 Å². The van der Waals surface area contributed by atoms with Gasteiger partial charge in [-0.3, -0.25) is 0 Å². The fraction of sp³-hybridized carbons (Fsp3) is 0.292. The van der Waals surface area contributed by atoms with Gasteiger partial charge in [-0.1, -0.05) is 48.5 Å². The summed E-state index contributed by atoms with van der Waals surface area (Å²) in [5, 5.41) is 5.28. The van der Waals surface area contributed by atoms with E-state index in [9.17, 15) is 4.79 Å². The van der Waals surface area contributed by atoms with Crippen molar-refractivity contribution < 1.29 is 14.3 Å². The third kappa shape index (κ3) is 5.19. The monoisotopic (exact) mass is 390 g/mol. The molecule has 0 atom stereocenters. The van der Waals surface area contributed by atoms with Gasteiger partial charge in [-0.05, 0) is 47.9 Å². The molecule has 0 spiro atoms. The summed E-state index contributed by atoms with van der Waals surface area (Å²) in [6.45, 7) is 2.42. The summed E-state index contributed by atoms with van der Waals surface area (Å²) in [6, 6.07) is 24.6. The minimum Gasteiger partial charge on any atom is -0.490 e. The summed E-state index contributed by atoms with van der Waals surface area (Å²) in [5.74, 6) is 0.779. The predicted octanol–water partition coefficient (Wildman–Crippen LogP) is 4.61. The van der Waals surface area contributed by atoms with Crippen molar-refractivity contribution in [3.8, 4) is 5.75 Å². The highest BCUT2D eigenvalue weighted by atomic mass is 16.6. The lowest BCUT2D eigenvalue weighted by Crippen LogP contribution is -2.45. The second-order valence-corrected chi connectivity index (χ2v) is 7.23. The Morgan fingerprint density at radius 3 is 2.41 bits per heavy atom. The molecule has 1 aliphatic rings. The van der Waals surface area contributed by atoms with Crippen LogP contribution in [0.4, 0.5) is 10.5 Å². The van der Waals surface area contributed by atoms with E-state index >= 15 is 0 Å². The van der Waals surface area contributed by atoms with Crippen molar-refractivity contribution in [3.05, 3.63) is 72.8 Å². The zero-order valence-electron chi connectivity index (χ0n) is 16.4. The minimum atomic E-state index is -0.370. The second-order valence-electron chi connectivity index (χ2n) is 7.23. The van der Waals surface area contributed by atoms with Crippen LogP contribution in [0.5, 0.6) is 5.75 Å². The average molecular weight is 390 g/mol. The largest absolute Gasteiger partial charge is 0.490 e. The zero-order chi connectivity index (χ0) is 19.9. The quantitative estimate of drug-likeness (QED) is 0.624. The molecule has 4 rings (SSSR count). The molecule has 3 aromatic rings.